The van der Waals surface area contributed by atoms with Gasteiger partial charge in [-0.05, 0) is 38.7 Å². The molecule has 1 aromatic heterocycles. The Bertz CT molecular complexity index is 553. The summed E-state index contributed by atoms with van der Waals surface area (Å²) in [5, 5.41) is 14.1. The van der Waals surface area contributed by atoms with Crippen molar-refractivity contribution in [2.24, 2.45) is 5.92 Å². The highest BCUT2D eigenvalue weighted by Gasteiger charge is 2.39. The second kappa shape index (κ2) is 5.07. The minimum atomic E-state index is -0.618. The van der Waals surface area contributed by atoms with Crippen molar-refractivity contribution < 1.29 is 14.5 Å². The molecule has 0 amide bonds. The van der Waals surface area contributed by atoms with E-state index < -0.39 is 10.9 Å². The van der Waals surface area contributed by atoms with Gasteiger partial charge in [-0.1, -0.05) is 0 Å². The zero-order chi connectivity index (χ0) is 14.9. The average molecular weight is 279 g/mol. The van der Waals surface area contributed by atoms with Gasteiger partial charge >= 0.3 is 11.7 Å². The number of nitro groups is 1. The van der Waals surface area contributed by atoms with Crippen molar-refractivity contribution in [3.05, 3.63) is 27.9 Å². The third-order valence-electron chi connectivity index (χ3n) is 3.50. The molecule has 108 valence electrons. The Labute approximate surface area is 116 Å². The lowest BCUT2D eigenvalue weighted by molar-refractivity contribution is -0.384. The Hall–Kier alpha value is -2.18. The highest BCUT2D eigenvalue weighted by molar-refractivity contribution is 5.88. The Morgan fingerprint density at radius 3 is 2.65 bits per heavy atom. The minimum Gasteiger partial charge on any atom is -0.464 e. The zero-order valence-electron chi connectivity index (χ0n) is 11.7. The predicted octanol–water partition coefficient (Wildman–Crippen LogP) is 2.38. The van der Waals surface area contributed by atoms with Crippen LogP contribution in [0.1, 0.15) is 37.2 Å². The molecule has 0 aliphatic heterocycles. The number of methoxy groups -OCH3 is 1. The van der Waals surface area contributed by atoms with E-state index in [4.69, 9.17) is 0 Å². The molecule has 1 fully saturated rings. The standard InChI is InChI=1S/C13H17N3O4/c1-13(2,8-4-5-8)15-11-10(16(18)19)7-6-9(14-11)12(17)20-3/h6-8H,4-5H2,1-3H3,(H,14,15). The first-order valence-corrected chi connectivity index (χ1v) is 6.37. The number of aromatic nitrogens is 1. The molecule has 1 aromatic rings. The van der Waals surface area contributed by atoms with Gasteiger partial charge in [0, 0.05) is 11.6 Å². The van der Waals surface area contributed by atoms with Gasteiger partial charge in [-0.3, -0.25) is 10.1 Å². The van der Waals surface area contributed by atoms with Gasteiger partial charge in [-0.15, -0.1) is 0 Å². The first kappa shape index (κ1) is 14.2. The molecule has 0 atom stereocenters. The maximum atomic E-state index is 11.5. The summed E-state index contributed by atoms with van der Waals surface area (Å²) in [5.74, 6) is -0.0485. The van der Waals surface area contributed by atoms with Gasteiger partial charge in [-0.2, -0.15) is 0 Å². The van der Waals surface area contributed by atoms with Crippen LogP contribution in [0.25, 0.3) is 0 Å². The predicted molar refractivity (Wildman–Crippen MR) is 72.7 cm³/mol. The van der Waals surface area contributed by atoms with E-state index in [0.717, 1.165) is 12.8 Å². The van der Waals surface area contributed by atoms with Crippen molar-refractivity contribution in [2.45, 2.75) is 32.2 Å². The summed E-state index contributed by atoms with van der Waals surface area (Å²) in [4.78, 5) is 26.0. The minimum absolute atomic E-state index is 0.0483. The van der Waals surface area contributed by atoms with Crippen LogP contribution in [0.4, 0.5) is 11.5 Å². The number of nitrogens with zero attached hydrogens (tertiary/aromatic N) is 2. The van der Waals surface area contributed by atoms with Crippen molar-refractivity contribution in [2.75, 3.05) is 12.4 Å². The normalized spacial score (nSPS) is 14.8. The number of rotatable bonds is 5. The smallest absolute Gasteiger partial charge is 0.356 e. The van der Waals surface area contributed by atoms with Gasteiger partial charge in [-0.25, -0.2) is 9.78 Å². The van der Waals surface area contributed by atoms with Crippen LogP contribution < -0.4 is 5.32 Å². The van der Waals surface area contributed by atoms with Crippen LogP contribution in [0.15, 0.2) is 12.1 Å². The molecule has 1 saturated carbocycles. The molecule has 7 nitrogen and oxygen atoms in total. The summed E-state index contributed by atoms with van der Waals surface area (Å²) in [6, 6.07) is 2.56. The van der Waals surface area contributed by atoms with Crippen LogP contribution in [0.3, 0.4) is 0 Å². The van der Waals surface area contributed by atoms with Crippen LogP contribution in [0.2, 0.25) is 0 Å². The number of pyridine rings is 1. The molecule has 0 aromatic carbocycles. The summed E-state index contributed by atoms with van der Waals surface area (Å²) in [5.41, 5.74) is -0.398. The molecule has 1 N–H and O–H groups in total. The molecule has 1 heterocycles. The van der Waals surface area contributed by atoms with Crippen LogP contribution in [-0.4, -0.2) is 28.5 Å². The fourth-order valence-electron chi connectivity index (χ4n) is 2.12. The number of carbonyl (C=O) groups is 1. The van der Waals surface area contributed by atoms with Crippen LogP contribution in [0, 0.1) is 16.0 Å². The Kier molecular flexibility index (Phi) is 3.61. The van der Waals surface area contributed by atoms with E-state index >= 15 is 0 Å². The molecule has 0 bridgehead atoms. The van der Waals surface area contributed by atoms with Crippen molar-refractivity contribution >= 4 is 17.5 Å². The van der Waals surface area contributed by atoms with Crippen molar-refractivity contribution in [1.29, 1.82) is 0 Å². The molecule has 0 saturated heterocycles. The van der Waals surface area contributed by atoms with Gasteiger partial charge in [0.2, 0.25) is 5.82 Å². The van der Waals surface area contributed by atoms with Crippen LogP contribution >= 0.6 is 0 Å². The maximum absolute atomic E-state index is 11.5. The quantitative estimate of drug-likeness (QED) is 0.505. The lowest BCUT2D eigenvalue weighted by Crippen LogP contribution is -2.34. The zero-order valence-corrected chi connectivity index (χ0v) is 11.7. The largest absolute Gasteiger partial charge is 0.464 e. The second-order valence-corrected chi connectivity index (χ2v) is 5.43. The van der Waals surface area contributed by atoms with Crippen molar-refractivity contribution in [3.63, 3.8) is 0 Å². The maximum Gasteiger partial charge on any atom is 0.356 e. The molecule has 1 aliphatic carbocycles. The van der Waals surface area contributed by atoms with E-state index in [9.17, 15) is 14.9 Å². The average Bonchev–Trinajstić information content (AvgIpc) is 3.21. The van der Waals surface area contributed by atoms with Crippen molar-refractivity contribution in [1.82, 2.24) is 4.98 Å². The fourth-order valence-corrected chi connectivity index (χ4v) is 2.12. The lowest BCUT2D eigenvalue weighted by Gasteiger charge is -2.26. The number of hydrogen-bond donors (Lipinski definition) is 1. The Morgan fingerprint density at radius 2 is 2.15 bits per heavy atom. The number of nitrogens with one attached hydrogen (secondary N) is 1. The summed E-state index contributed by atoms with van der Waals surface area (Å²) >= 11 is 0. The number of hydrogen-bond acceptors (Lipinski definition) is 6. The first-order valence-electron chi connectivity index (χ1n) is 6.37. The molecular weight excluding hydrogens is 262 g/mol. The van der Waals surface area contributed by atoms with E-state index in [1.807, 2.05) is 13.8 Å². The Balaban J connectivity index is 2.36. The monoisotopic (exact) mass is 279 g/mol. The molecule has 20 heavy (non-hydrogen) atoms. The van der Waals surface area contributed by atoms with Crippen LogP contribution in [-0.2, 0) is 4.74 Å². The molecule has 1 aliphatic rings. The first-order chi connectivity index (χ1) is 9.35. The van der Waals surface area contributed by atoms with Gasteiger partial charge in [0.05, 0.1) is 12.0 Å². The Morgan fingerprint density at radius 1 is 1.50 bits per heavy atom. The summed E-state index contributed by atoms with van der Waals surface area (Å²) in [7, 11) is 1.24. The fraction of sp³-hybridized carbons (Fsp3) is 0.538. The van der Waals surface area contributed by atoms with Gasteiger partial charge in [0.15, 0.2) is 5.69 Å². The summed E-state index contributed by atoms with van der Waals surface area (Å²) in [6.45, 7) is 3.95. The number of esters is 1. The summed E-state index contributed by atoms with van der Waals surface area (Å²) < 4.78 is 4.58. The van der Waals surface area contributed by atoms with E-state index in [-0.39, 0.29) is 22.7 Å². The second-order valence-electron chi connectivity index (χ2n) is 5.43. The number of ether oxygens (including phenoxy) is 1. The molecule has 0 spiro atoms. The van der Waals surface area contributed by atoms with Gasteiger partial charge in [0.1, 0.15) is 0 Å². The van der Waals surface area contributed by atoms with E-state index in [1.54, 1.807) is 0 Å². The molecule has 7 heteroatoms. The van der Waals surface area contributed by atoms with E-state index in [2.05, 4.69) is 15.0 Å². The molecular formula is C13H17N3O4. The molecule has 0 radical (unpaired) electrons. The highest BCUT2D eigenvalue weighted by atomic mass is 16.6. The van der Waals surface area contributed by atoms with E-state index in [0.29, 0.717) is 5.92 Å². The molecule has 0 unspecified atom stereocenters. The van der Waals surface area contributed by atoms with Crippen LogP contribution in [0.5, 0.6) is 0 Å². The lowest BCUT2D eigenvalue weighted by atomic mass is 9.99. The summed E-state index contributed by atoms with van der Waals surface area (Å²) in [6.07, 6.45) is 2.18. The van der Waals surface area contributed by atoms with E-state index in [1.165, 1.54) is 19.2 Å². The van der Waals surface area contributed by atoms with Gasteiger partial charge in [0.25, 0.3) is 0 Å². The topological polar surface area (TPSA) is 94.4 Å². The molecule has 2 rings (SSSR count). The SMILES string of the molecule is COC(=O)c1ccc([N+](=O)[O-])c(NC(C)(C)C2CC2)n1. The third-order valence-corrected chi connectivity index (χ3v) is 3.50. The highest BCUT2D eigenvalue weighted by Crippen LogP contribution is 2.41. The van der Waals surface area contributed by atoms with Crippen molar-refractivity contribution in [3.8, 4) is 0 Å². The number of carbonyl (C=O) groups excluding carboxylic acids is 1. The third kappa shape index (κ3) is 2.87. The number of anilines is 1. The van der Waals surface area contributed by atoms with Gasteiger partial charge < -0.3 is 10.1 Å².